The number of hydrogen-bond acceptors (Lipinski definition) is 4. The van der Waals surface area contributed by atoms with Gasteiger partial charge in [0.25, 0.3) is 0 Å². The highest BCUT2D eigenvalue weighted by Crippen LogP contribution is 2.17. The van der Waals surface area contributed by atoms with E-state index in [-0.39, 0.29) is 23.9 Å². The second-order valence-corrected chi connectivity index (χ2v) is 9.70. The number of aryl methyl sites for hydroxylation is 2. The van der Waals surface area contributed by atoms with Crippen LogP contribution in [0, 0.1) is 13.8 Å². The molecule has 0 radical (unpaired) electrons. The Balaban J connectivity index is 2.25. The van der Waals surface area contributed by atoms with Crippen molar-refractivity contribution < 1.29 is 18.0 Å². The van der Waals surface area contributed by atoms with Gasteiger partial charge >= 0.3 is 0 Å². The Morgan fingerprint density at radius 1 is 0.968 bits per heavy atom. The van der Waals surface area contributed by atoms with Crippen molar-refractivity contribution in [1.82, 2.24) is 14.5 Å². The first-order valence-electron chi connectivity index (χ1n) is 10.2. The van der Waals surface area contributed by atoms with Crippen LogP contribution in [-0.2, 0) is 26.2 Å². The number of nitrogens with zero attached hydrogens (tertiary/aromatic N) is 2. The molecule has 1 atom stereocenters. The van der Waals surface area contributed by atoms with E-state index in [2.05, 4.69) is 5.32 Å². The molecule has 168 valence electrons. The maximum Gasteiger partial charge on any atom is 0.243 e. The van der Waals surface area contributed by atoms with E-state index in [4.69, 9.17) is 0 Å². The highest BCUT2D eigenvalue weighted by atomic mass is 32.2. The zero-order valence-electron chi connectivity index (χ0n) is 18.8. The van der Waals surface area contributed by atoms with E-state index in [0.717, 1.165) is 21.0 Å². The fourth-order valence-electron chi connectivity index (χ4n) is 3.05. The minimum absolute atomic E-state index is 0.121. The maximum atomic E-state index is 13.1. The predicted molar refractivity (Wildman–Crippen MR) is 121 cm³/mol. The van der Waals surface area contributed by atoms with Gasteiger partial charge in [0, 0.05) is 20.1 Å². The van der Waals surface area contributed by atoms with Gasteiger partial charge in [-0.05, 0) is 45.4 Å². The number of carbonyl (C=O) groups excluding carboxylic acids is 2. The molecule has 0 aliphatic heterocycles. The molecule has 1 N–H and O–H groups in total. The van der Waals surface area contributed by atoms with Crippen LogP contribution in [0.3, 0.4) is 0 Å². The third kappa shape index (κ3) is 6.38. The quantitative estimate of drug-likeness (QED) is 0.642. The molecule has 0 aromatic heterocycles. The number of benzene rings is 2. The molecule has 2 aromatic carbocycles. The van der Waals surface area contributed by atoms with Crippen LogP contribution >= 0.6 is 0 Å². The van der Waals surface area contributed by atoms with Crippen LogP contribution in [0.2, 0.25) is 0 Å². The van der Waals surface area contributed by atoms with Crippen molar-refractivity contribution in [1.29, 1.82) is 0 Å². The lowest BCUT2D eigenvalue weighted by Crippen LogP contribution is -2.50. The van der Waals surface area contributed by atoms with E-state index in [0.29, 0.717) is 6.54 Å². The summed E-state index contributed by atoms with van der Waals surface area (Å²) in [5.41, 5.74) is 2.89. The first-order valence-corrected chi connectivity index (χ1v) is 11.7. The highest BCUT2D eigenvalue weighted by molar-refractivity contribution is 7.89. The Morgan fingerprint density at radius 3 is 2.00 bits per heavy atom. The topological polar surface area (TPSA) is 86.8 Å². The summed E-state index contributed by atoms with van der Waals surface area (Å²) < 4.78 is 26.8. The molecule has 0 fully saturated rings. The summed E-state index contributed by atoms with van der Waals surface area (Å²) in [6.07, 6.45) is 0. The van der Waals surface area contributed by atoms with Gasteiger partial charge in [-0.2, -0.15) is 4.31 Å². The Kier molecular flexibility index (Phi) is 8.36. The van der Waals surface area contributed by atoms with Gasteiger partial charge in [0.05, 0.1) is 11.4 Å². The van der Waals surface area contributed by atoms with E-state index < -0.39 is 22.0 Å². The summed E-state index contributed by atoms with van der Waals surface area (Å²) in [6, 6.07) is 13.4. The van der Waals surface area contributed by atoms with Crippen molar-refractivity contribution in [2.45, 2.75) is 45.2 Å². The minimum Gasteiger partial charge on any atom is -0.355 e. The van der Waals surface area contributed by atoms with E-state index in [1.807, 2.05) is 38.1 Å². The zero-order chi connectivity index (χ0) is 23.2. The second kappa shape index (κ2) is 10.5. The molecule has 2 rings (SSSR count). The monoisotopic (exact) mass is 445 g/mol. The molecular weight excluding hydrogens is 414 g/mol. The van der Waals surface area contributed by atoms with Crippen LogP contribution in [0.15, 0.2) is 53.4 Å². The lowest BCUT2D eigenvalue weighted by atomic mass is 10.1. The summed E-state index contributed by atoms with van der Waals surface area (Å²) in [5.74, 6) is -0.732. The Labute approximate surface area is 185 Å². The van der Waals surface area contributed by atoms with E-state index in [1.54, 1.807) is 26.0 Å². The Morgan fingerprint density at radius 2 is 1.48 bits per heavy atom. The molecule has 0 saturated heterocycles. The predicted octanol–water partition coefficient (Wildman–Crippen LogP) is 2.48. The van der Waals surface area contributed by atoms with Crippen LogP contribution in [0.25, 0.3) is 0 Å². The van der Waals surface area contributed by atoms with Crippen molar-refractivity contribution in [2.24, 2.45) is 0 Å². The summed E-state index contributed by atoms with van der Waals surface area (Å²) >= 11 is 0. The van der Waals surface area contributed by atoms with Gasteiger partial charge in [-0.1, -0.05) is 47.5 Å². The van der Waals surface area contributed by atoms with E-state index in [9.17, 15) is 18.0 Å². The third-order valence-electron chi connectivity index (χ3n) is 5.08. The second-order valence-electron chi connectivity index (χ2n) is 7.65. The maximum absolute atomic E-state index is 13.1. The van der Waals surface area contributed by atoms with Crippen LogP contribution in [0.5, 0.6) is 0 Å². The van der Waals surface area contributed by atoms with Crippen LogP contribution in [0.1, 0.15) is 30.5 Å². The van der Waals surface area contributed by atoms with Crippen LogP contribution < -0.4 is 5.32 Å². The number of sulfonamides is 1. The standard InChI is InChI=1S/C23H31N3O4S/c1-6-24-23(28)19(4)26(15-20-11-7-17(2)8-12-20)22(27)16-25(5)31(29,30)21-13-9-18(3)10-14-21/h7-14,19H,6,15-16H2,1-5H3,(H,24,28)/t19-/m0/s1. The number of amides is 2. The van der Waals surface area contributed by atoms with E-state index >= 15 is 0 Å². The van der Waals surface area contributed by atoms with Crippen molar-refractivity contribution in [3.05, 3.63) is 65.2 Å². The van der Waals surface area contributed by atoms with Crippen LogP contribution in [0.4, 0.5) is 0 Å². The lowest BCUT2D eigenvalue weighted by Gasteiger charge is -2.30. The number of nitrogens with one attached hydrogen (secondary N) is 1. The lowest BCUT2D eigenvalue weighted by molar-refractivity contribution is -0.140. The molecular formula is C23H31N3O4S. The van der Waals surface area contributed by atoms with Gasteiger partial charge in [0.15, 0.2) is 0 Å². The average Bonchev–Trinajstić information content (AvgIpc) is 2.73. The van der Waals surface area contributed by atoms with Gasteiger partial charge in [-0.3, -0.25) is 9.59 Å². The first-order chi connectivity index (χ1) is 14.6. The normalized spacial score (nSPS) is 12.5. The van der Waals surface area contributed by atoms with Crippen molar-refractivity contribution in [3.63, 3.8) is 0 Å². The number of likely N-dealkylation sites (N-methyl/N-ethyl adjacent to an activating group) is 2. The fraction of sp³-hybridized carbons (Fsp3) is 0.391. The van der Waals surface area contributed by atoms with Crippen LogP contribution in [-0.4, -0.2) is 55.6 Å². The van der Waals surface area contributed by atoms with Crippen molar-refractivity contribution in [3.8, 4) is 0 Å². The summed E-state index contributed by atoms with van der Waals surface area (Å²) in [6.45, 7) is 7.56. The SMILES string of the molecule is CCNC(=O)[C@H](C)N(Cc1ccc(C)cc1)C(=O)CN(C)S(=O)(=O)c1ccc(C)cc1. The fourth-order valence-corrected chi connectivity index (χ4v) is 4.17. The first kappa shape index (κ1) is 24.6. The van der Waals surface area contributed by atoms with E-state index in [1.165, 1.54) is 24.1 Å². The van der Waals surface area contributed by atoms with Gasteiger partial charge < -0.3 is 10.2 Å². The molecule has 0 aliphatic rings. The summed E-state index contributed by atoms with van der Waals surface area (Å²) in [4.78, 5) is 27.1. The van der Waals surface area contributed by atoms with Crippen molar-refractivity contribution in [2.75, 3.05) is 20.1 Å². The molecule has 0 unspecified atom stereocenters. The molecule has 2 amide bonds. The smallest absolute Gasteiger partial charge is 0.243 e. The average molecular weight is 446 g/mol. The molecule has 2 aromatic rings. The summed E-state index contributed by atoms with van der Waals surface area (Å²) in [7, 11) is -2.46. The number of hydrogen-bond donors (Lipinski definition) is 1. The molecule has 0 aliphatic carbocycles. The third-order valence-corrected chi connectivity index (χ3v) is 6.90. The zero-order valence-corrected chi connectivity index (χ0v) is 19.6. The molecule has 31 heavy (non-hydrogen) atoms. The Bertz CT molecular complexity index is 1000. The minimum atomic E-state index is -3.83. The molecule has 0 saturated carbocycles. The molecule has 0 spiro atoms. The summed E-state index contributed by atoms with van der Waals surface area (Å²) in [5, 5.41) is 2.73. The van der Waals surface area contributed by atoms with Gasteiger partial charge in [0.2, 0.25) is 21.8 Å². The van der Waals surface area contributed by atoms with Gasteiger partial charge in [0.1, 0.15) is 6.04 Å². The Hall–Kier alpha value is -2.71. The van der Waals surface area contributed by atoms with Gasteiger partial charge in [-0.15, -0.1) is 0 Å². The number of rotatable bonds is 9. The molecule has 8 heteroatoms. The molecule has 0 bridgehead atoms. The highest BCUT2D eigenvalue weighted by Gasteiger charge is 2.30. The molecule has 7 nitrogen and oxygen atoms in total. The van der Waals surface area contributed by atoms with Crippen molar-refractivity contribution >= 4 is 21.8 Å². The van der Waals surface area contributed by atoms with Gasteiger partial charge in [-0.25, -0.2) is 8.42 Å². The largest absolute Gasteiger partial charge is 0.355 e. The molecule has 0 heterocycles. The number of carbonyl (C=O) groups is 2.